The zero-order chi connectivity index (χ0) is 12.2. The Kier molecular flexibility index (Phi) is 4.15. The molecule has 1 saturated carbocycles. The molecule has 92 valence electrons. The summed E-state index contributed by atoms with van der Waals surface area (Å²) in [5, 5.41) is 14.3. The minimum absolute atomic E-state index is 0.140. The van der Waals surface area contributed by atoms with Crippen molar-refractivity contribution in [2.75, 3.05) is 6.54 Å². The molecule has 2 amide bonds. The average Bonchev–Trinajstić information content (AvgIpc) is 2.67. The van der Waals surface area contributed by atoms with Crippen LogP contribution in [0.5, 0.6) is 0 Å². The van der Waals surface area contributed by atoms with E-state index >= 15 is 0 Å². The Morgan fingerprint density at radius 1 is 1.31 bits per heavy atom. The van der Waals surface area contributed by atoms with E-state index in [1.54, 1.807) is 13.8 Å². The highest BCUT2D eigenvalue weighted by atomic mass is 16.4. The fourth-order valence-electron chi connectivity index (χ4n) is 1.68. The molecule has 0 bridgehead atoms. The van der Waals surface area contributed by atoms with E-state index < -0.39 is 11.4 Å². The maximum Gasteiger partial charge on any atom is 0.315 e. The molecule has 1 aliphatic rings. The highest BCUT2D eigenvalue weighted by Gasteiger charge is 2.28. The average molecular weight is 228 g/mol. The van der Waals surface area contributed by atoms with Crippen LogP contribution in [0.2, 0.25) is 0 Å². The van der Waals surface area contributed by atoms with Gasteiger partial charge in [-0.25, -0.2) is 4.79 Å². The second kappa shape index (κ2) is 5.18. The van der Waals surface area contributed by atoms with Crippen molar-refractivity contribution < 1.29 is 14.7 Å². The van der Waals surface area contributed by atoms with Crippen LogP contribution in [0, 0.1) is 5.41 Å². The monoisotopic (exact) mass is 228 g/mol. The minimum Gasteiger partial charge on any atom is -0.481 e. The quantitative estimate of drug-likeness (QED) is 0.679. The van der Waals surface area contributed by atoms with Gasteiger partial charge in [0, 0.05) is 12.6 Å². The summed E-state index contributed by atoms with van der Waals surface area (Å²) in [5.74, 6) is -0.909. The maximum atomic E-state index is 11.5. The lowest BCUT2D eigenvalue weighted by Crippen LogP contribution is -2.46. The van der Waals surface area contributed by atoms with Crippen molar-refractivity contribution in [3.8, 4) is 0 Å². The third kappa shape index (κ3) is 3.72. The topological polar surface area (TPSA) is 78.4 Å². The maximum absolute atomic E-state index is 11.5. The molecule has 0 aromatic carbocycles. The van der Waals surface area contributed by atoms with Crippen LogP contribution in [0.25, 0.3) is 0 Å². The van der Waals surface area contributed by atoms with Gasteiger partial charge in [-0.1, -0.05) is 12.8 Å². The van der Waals surface area contributed by atoms with Crippen molar-refractivity contribution in [2.24, 2.45) is 5.41 Å². The van der Waals surface area contributed by atoms with Gasteiger partial charge in [-0.2, -0.15) is 0 Å². The molecule has 5 heteroatoms. The Hall–Kier alpha value is -1.26. The Labute approximate surface area is 95.6 Å². The van der Waals surface area contributed by atoms with E-state index in [0.29, 0.717) is 0 Å². The van der Waals surface area contributed by atoms with Crippen molar-refractivity contribution in [1.82, 2.24) is 10.6 Å². The predicted molar refractivity (Wildman–Crippen MR) is 60.2 cm³/mol. The number of hydrogen-bond acceptors (Lipinski definition) is 2. The largest absolute Gasteiger partial charge is 0.481 e. The number of amides is 2. The van der Waals surface area contributed by atoms with E-state index in [1.807, 2.05) is 0 Å². The second-order valence-electron chi connectivity index (χ2n) is 5.00. The first-order chi connectivity index (χ1) is 7.42. The third-order valence-electron chi connectivity index (χ3n) is 2.96. The van der Waals surface area contributed by atoms with Crippen molar-refractivity contribution in [3.63, 3.8) is 0 Å². The summed E-state index contributed by atoms with van der Waals surface area (Å²) in [7, 11) is 0. The summed E-state index contributed by atoms with van der Waals surface area (Å²) < 4.78 is 0. The minimum atomic E-state index is -0.924. The lowest BCUT2D eigenvalue weighted by molar-refractivity contribution is -0.146. The number of carbonyl (C=O) groups excluding carboxylic acids is 1. The number of rotatable bonds is 4. The van der Waals surface area contributed by atoms with Gasteiger partial charge in [-0.3, -0.25) is 4.79 Å². The predicted octanol–water partition coefficient (Wildman–Crippen LogP) is 1.34. The fourth-order valence-corrected chi connectivity index (χ4v) is 1.68. The first-order valence-electron chi connectivity index (χ1n) is 5.69. The molecule has 0 atom stereocenters. The van der Waals surface area contributed by atoms with Gasteiger partial charge in [0.25, 0.3) is 0 Å². The number of urea groups is 1. The highest BCUT2D eigenvalue weighted by molar-refractivity contribution is 5.77. The molecule has 0 saturated heterocycles. The molecular weight excluding hydrogens is 208 g/mol. The molecule has 0 unspecified atom stereocenters. The normalized spacial score (nSPS) is 17.1. The van der Waals surface area contributed by atoms with E-state index in [2.05, 4.69) is 10.6 Å². The standard InChI is InChI=1S/C11H20N2O3/c1-11(2,9(14)15)7-12-10(16)13-8-5-3-4-6-8/h8H,3-7H2,1-2H3,(H,14,15)(H2,12,13,16). The summed E-state index contributed by atoms with van der Waals surface area (Å²) in [6.07, 6.45) is 4.36. The number of nitrogens with one attached hydrogen (secondary N) is 2. The van der Waals surface area contributed by atoms with Crippen molar-refractivity contribution in [2.45, 2.75) is 45.6 Å². The van der Waals surface area contributed by atoms with Gasteiger partial charge < -0.3 is 15.7 Å². The summed E-state index contributed by atoms with van der Waals surface area (Å²) in [6.45, 7) is 3.32. The molecule has 16 heavy (non-hydrogen) atoms. The molecule has 0 heterocycles. The van der Waals surface area contributed by atoms with E-state index in [4.69, 9.17) is 5.11 Å². The molecule has 1 aliphatic carbocycles. The molecule has 0 aromatic rings. The van der Waals surface area contributed by atoms with Crippen LogP contribution in [0.3, 0.4) is 0 Å². The molecule has 1 rings (SSSR count). The van der Waals surface area contributed by atoms with Crippen LogP contribution in [0.4, 0.5) is 4.79 Å². The van der Waals surface area contributed by atoms with Gasteiger partial charge in [0.2, 0.25) is 0 Å². The number of hydrogen-bond donors (Lipinski definition) is 3. The second-order valence-corrected chi connectivity index (χ2v) is 5.00. The smallest absolute Gasteiger partial charge is 0.315 e. The molecule has 1 fully saturated rings. The summed E-state index contributed by atoms with van der Waals surface area (Å²) in [5.41, 5.74) is -0.924. The fraction of sp³-hybridized carbons (Fsp3) is 0.818. The lowest BCUT2D eigenvalue weighted by Gasteiger charge is -2.20. The third-order valence-corrected chi connectivity index (χ3v) is 2.96. The molecule has 0 spiro atoms. The van der Waals surface area contributed by atoms with Gasteiger partial charge in [-0.05, 0) is 26.7 Å². The Bertz CT molecular complexity index is 270. The van der Waals surface area contributed by atoms with Crippen LogP contribution in [0.1, 0.15) is 39.5 Å². The van der Waals surface area contributed by atoms with Gasteiger partial charge in [0.1, 0.15) is 0 Å². The zero-order valence-electron chi connectivity index (χ0n) is 9.88. The van der Waals surface area contributed by atoms with Crippen molar-refractivity contribution >= 4 is 12.0 Å². The van der Waals surface area contributed by atoms with Crippen LogP contribution in [-0.4, -0.2) is 29.7 Å². The Balaban J connectivity index is 2.26. The zero-order valence-corrected chi connectivity index (χ0v) is 9.88. The Morgan fingerprint density at radius 2 is 1.88 bits per heavy atom. The van der Waals surface area contributed by atoms with Crippen molar-refractivity contribution in [3.05, 3.63) is 0 Å². The van der Waals surface area contributed by atoms with Gasteiger partial charge in [0.05, 0.1) is 5.41 Å². The molecule has 5 nitrogen and oxygen atoms in total. The molecule has 0 radical (unpaired) electrons. The number of carbonyl (C=O) groups is 2. The SMILES string of the molecule is CC(C)(CNC(=O)NC1CCCC1)C(=O)O. The van der Waals surface area contributed by atoms with Crippen LogP contribution >= 0.6 is 0 Å². The first kappa shape index (κ1) is 12.8. The summed E-state index contributed by atoms with van der Waals surface area (Å²) in [6, 6.07) is -0.00540. The van der Waals surface area contributed by atoms with E-state index in [9.17, 15) is 9.59 Å². The van der Waals surface area contributed by atoms with E-state index in [0.717, 1.165) is 25.7 Å². The first-order valence-corrected chi connectivity index (χ1v) is 5.69. The lowest BCUT2D eigenvalue weighted by atomic mass is 9.94. The van der Waals surface area contributed by atoms with Crippen LogP contribution < -0.4 is 10.6 Å². The van der Waals surface area contributed by atoms with Crippen molar-refractivity contribution in [1.29, 1.82) is 0 Å². The number of aliphatic carboxylic acids is 1. The summed E-state index contributed by atoms with van der Waals surface area (Å²) >= 11 is 0. The summed E-state index contributed by atoms with van der Waals surface area (Å²) in [4.78, 5) is 22.3. The Morgan fingerprint density at radius 3 is 2.38 bits per heavy atom. The van der Waals surface area contributed by atoms with Gasteiger partial charge in [-0.15, -0.1) is 0 Å². The number of carboxylic acids is 1. The molecule has 3 N–H and O–H groups in total. The van der Waals surface area contributed by atoms with E-state index in [1.165, 1.54) is 0 Å². The van der Waals surface area contributed by atoms with Gasteiger partial charge >= 0.3 is 12.0 Å². The van der Waals surface area contributed by atoms with E-state index in [-0.39, 0.29) is 18.6 Å². The highest BCUT2D eigenvalue weighted by Crippen LogP contribution is 2.17. The van der Waals surface area contributed by atoms with Gasteiger partial charge in [0.15, 0.2) is 0 Å². The number of carboxylic acid groups (broad SMARTS) is 1. The van der Waals surface area contributed by atoms with Crippen LogP contribution in [0.15, 0.2) is 0 Å². The molecule has 0 aromatic heterocycles. The molecular formula is C11H20N2O3. The van der Waals surface area contributed by atoms with Crippen LogP contribution in [-0.2, 0) is 4.79 Å². The molecule has 0 aliphatic heterocycles.